The van der Waals surface area contributed by atoms with E-state index >= 15 is 8.78 Å². The van der Waals surface area contributed by atoms with E-state index in [9.17, 15) is 14.3 Å². The zero-order valence-electron chi connectivity index (χ0n) is 23.7. The van der Waals surface area contributed by atoms with E-state index in [1.54, 1.807) is 41.8 Å². The van der Waals surface area contributed by atoms with Gasteiger partial charge in [0.05, 0.1) is 54.8 Å². The third kappa shape index (κ3) is 6.29. The highest BCUT2D eigenvalue weighted by Gasteiger charge is 2.22. The van der Waals surface area contributed by atoms with Crippen molar-refractivity contribution in [3.8, 4) is 17.1 Å². The predicted octanol–water partition coefficient (Wildman–Crippen LogP) is 6.11. The number of hydrogen-bond acceptors (Lipinski definition) is 6. The fraction of sp³-hybridized carbons (Fsp3) is 0.242. The number of aromatic nitrogens is 3. The molecule has 0 bridgehead atoms. The number of carbonyl (C=O) groups is 1. The van der Waals surface area contributed by atoms with Gasteiger partial charge in [0.15, 0.2) is 0 Å². The third-order valence-electron chi connectivity index (χ3n) is 7.41. The maximum Gasteiger partial charge on any atom is 0.335 e. The summed E-state index contributed by atoms with van der Waals surface area (Å²) in [5.74, 6) is -2.31. The highest BCUT2D eigenvalue weighted by atomic mass is 19.1. The van der Waals surface area contributed by atoms with Crippen LogP contribution in [0.2, 0.25) is 0 Å². The summed E-state index contributed by atoms with van der Waals surface area (Å²) in [6, 6.07) is 16.2. The second-order valence-corrected chi connectivity index (χ2v) is 10.6. The molecule has 1 N–H and O–H groups in total. The van der Waals surface area contributed by atoms with Crippen molar-refractivity contribution >= 4 is 17.0 Å². The van der Waals surface area contributed by atoms with Gasteiger partial charge in [0.25, 0.3) is 0 Å². The summed E-state index contributed by atoms with van der Waals surface area (Å²) in [4.78, 5) is 20.6. The number of pyridine rings is 1. The molecular weight excluding hydrogens is 575 g/mol. The van der Waals surface area contributed by atoms with Crippen molar-refractivity contribution in [3.05, 3.63) is 112 Å². The number of imidazole rings is 1. The molecule has 3 aromatic carbocycles. The van der Waals surface area contributed by atoms with Gasteiger partial charge in [-0.05, 0) is 60.5 Å². The number of halogens is 3. The molecule has 1 aliphatic heterocycles. The number of ether oxygens (including phenoxy) is 3. The van der Waals surface area contributed by atoms with Gasteiger partial charge in [-0.25, -0.2) is 27.9 Å². The van der Waals surface area contributed by atoms with Crippen LogP contribution in [-0.4, -0.2) is 51.5 Å². The van der Waals surface area contributed by atoms with Crippen molar-refractivity contribution in [1.29, 1.82) is 0 Å². The predicted molar refractivity (Wildman–Crippen MR) is 155 cm³/mol. The zero-order chi connectivity index (χ0) is 30.8. The molecule has 2 aromatic heterocycles. The molecule has 8 nitrogen and oxygen atoms in total. The minimum Gasteiger partial charge on any atom is -0.478 e. The number of rotatable bonds is 9. The molecule has 11 heteroatoms. The fourth-order valence-electron chi connectivity index (χ4n) is 5.15. The van der Waals surface area contributed by atoms with E-state index in [2.05, 4.69) is 9.97 Å². The number of hydrogen-bond donors (Lipinski definition) is 1. The van der Waals surface area contributed by atoms with Gasteiger partial charge in [0.2, 0.25) is 5.88 Å². The molecule has 6 rings (SSSR count). The van der Waals surface area contributed by atoms with Gasteiger partial charge in [-0.1, -0.05) is 18.2 Å². The van der Waals surface area contributed by atoms with Gasteiger partial charge in [-0.3, -0.25) is 0 Å². The molecular formula is C33H28F3N3O5. The van der Waals surface area contributed by atoms with Gasteiger partial charge in [-0.2, -0.15) is 0 Å². The third-order valence-corrected chi connectivity index (χ3v) is 7.41. The van der Waals surface area contributed by atoms with Crippen LogP contribution in [-0.2, 0) is 29.0 Å². The Bertz CT molecular complexity index is 1850. The Morgan fingerprint density at radius 3 is 2.59 bits per heavy atom. The molecule has 1 atom stereocenters. The molecule has 3 heterocycles. The van der Waals surface area contributed by atoms with Crippen molar-refractivity contribution in [1.82, 2.24) is 14.5 Å². The van der Waals surface area contributed by atoms with Crippen molar-refractivity contribution in [2.45, 2.75) is 32.6 Å². The van der Waals surface area contributed by atoms with Crippen LogP contribution in [0.25, 0.3) is 22.3 Å². The molecule has 0 saturated carbocycles. The normalized spacial score (nSPS) is 15.0. The van der Waals surface area contributed by atoms with E-state index < -0.39 is 23.4 Å². The Hall–Kier alpha value is -4.74. The second-order valence-electron chi connectivity index (χ2n) is 10.6. The molecule has 1 saturated heterocycles. The quantitative estimate of drug-likeness (QED) is 0.217. The van der Waals surface area contributed by atoms with Crippen molar-refractivity contribution in [3.63, 3.8) is 0 Å². The van der Waals surface area contributed by atoms with Gasteiger partial charge in [0.1, 0.15) is 29.9 Å². The van der Waals surface area contributed by atoms with Gasteiger partial charge >= 0.3 is 5.97 Å². The molecule has 0 unspecified atom stereocenters. The number of fused-ring (bicyclic) bond motifs is 1. The Kier molecular flexibility index (Phi) is 8.32. The average Bonchev–Trinajstić information content (AvgIpc) is 3.34. The summed E-state index contributed by atoms with van der Waals surface area (Å²) in [6.07, 6.45) is -0.382. The first-order chi connectivity index (χ1) is 21.2. The topological polar surface area (TPSA) is 95.7 Å². The van der Waals surface area contributed by atoms with E-state index in [0.717, 1.165) is 17.7 Å². The number of aryl methyl sites for hydroxylation is 1. The molecule has 0 amide bonds. The lowest BCUT2D eigenvalue weighted by molar-refractivity contribution is -0.0934. The van der Waals surface area contributed by atoms with Crippen molar-refractivity contribution < 1.29 is 37.3 Å². The summed E-state index contributed by atoms with van der Waals surface area (Å²) in [6.45, 7) is 3.23. The van der Waals surface area contributed by atoms with E-state index in [4.69, 9.17) is 14.2 Å². The highest BCUT2D eigenvalue weighted by Crippen LogP contribution is 2.29. The van der Waals surface area contributed by atoms with E-state index in [1.165, 1.54) is 24.3 Å². The summed E-state index contributed by atoms with van der Waals surface area (Å²) in [5, 5.41) is 9.51. The number of nitrogens with zero attached hydrogens (tertiary/aromatic N) is 3. The first-order valence-electron chi connectivity index (χ1n) is 14.0. The van der Waals surface area contributed by atoms with Crippen LogP contribution in [0, 0.1) is 24.4 Å². The lowest BCUT2D eigenvalue weighted by atomic mass is 10.0. The van der Waals surface area contributed by atoms with Crippen LogP contribution in [0.5, 0.6) is 5.88 Å². The lowest BCUT2D eigenvalue weighted by Gasteiger charge is -2.24. The molecule has 0 spiro atoms. The average molecular weight is 604 g/mol. The molecule has 44 heavy (non-hydrogen) atoms. The SMILES string of the molecule is Cc1ccc(COc2cccc(-c3cc(F)c(Cc4nc5ccc(C(=O)O)cc5n4C[C@@H]4COCCO4)cc3F)n2)c(F)c1. The van der Waals surface area contributed by atoms with Gasteiger partial charge in [-0.15, -0.1) is 0 Å². The van der Waals surface area contributed by atoms with E-state index in [1.807, 2.05) is 0 Å². The largest absolute Gasteiger partial charge is 0.478 e. The smallest absolute Gasteiger partial charge is 0.335 e. The Morgan fingerprint density at radius 2 is 1.82 bits per heavy atom. The highest BCUT2D eigenvalue weighted by molar-refractivity contribution is 5.92. The Labute approximate surface area is 250 Å². The maximum absolute atomic E-state index is 15.5. The lowest BCUT2D eigenvalue weighted by Crippen LogP contribution is -2.32. The zero-order valence-corrected chi connectivity index (χ0v) is 23.7. The van der Waals surface area contributed by atoms with E-state index in [-0.39, 0.29) is 47.4 Å². The van der Waals surface area contributed by atoms with Crippen LogP contribution >= 0.6 is 0 Å². The fourth-order valence-corrected chi connectivity index (χ4v) is 5.15. The first-order valence-corrected chi connectivity index (χ1v) is 14.0. The summed E-state index contributed by atoms with van der Waals surface area (Å²) < 4.78 is 63.9. The van der Waals surface area contributed by atoms with Crippen LogP contribution in [0.4, 0.5) is 13.2 Å². The van der Waals surface area contributed by atoms with Gasteiger partial charge < -0.3 is 23.9 Å². The number of carboxylic acids is 1. The van der Waals surface area contributed by atoms with Crippen molar-refractivity contribution in [2.75, 3.05) is 19.8 Å². The molecule has 0 aliphatic carbocycles. The monoisotopic (exact) mass is 603 g/mol. The van der Waals surface area contributed by atoms with E-state index in [0.29, 0.717) is 48.8 Å². The number of carboxylic acid groups (broad SMARTS) is 1. The molecule has 1 aliphatic rings. The number of aromatic carboxylic acids is 1. The minimum absolute atomic E-state index is 0.0596. The maximum atomic E-state index is 15.5. The second kappa shape index (κ2) is 12.5. The Balaban J connectivity index is 1.27. The molecule has 1 fully saturated rings. The van der Waals surface area contributed by atoms with Crippen molar-refractivity contribution in [2.24, 2.45) is 0 Å². The minimum atomic E-state index is -1.09. The first kappa shape index (κ1) is 29.3. The van der Waals surface area contributed by atoms with Gasteiger partial charge in [0, 0.05) is 23.6 Å². The van der Waals surface area contributed by atoms with Crippen LogP contribution in [0.15, 0.2) is 66.7 Å². The summed E-state index contributed by atoms with van der Waals surface area (Å²) in [5.41, 5.74) is 2.41. The molecule has 0 radical (unpaired) electrons. The summed E-state index contributed by atoms with van der Waals surface area (Å²) >= 11 is 0. The Morgan fingerprint density at radius 1 is 0.977 bits per heavy atom. The molecule has 226 valence electrons. The molecule has 5 aromatic rings. The summed E-state index contributed by atoms with van der Waals surface area (Å²) in [7, 11) is 0. The van der Waals surface area contributed by atoms with Crippen LogP contribution in [0.1, 0.15) is 32.9 Å². The standard InChI is InChI=1S/C33H28F3N3O5/c1-19-5-6-21(25(34)11-19)17-44-32-4-2-3-28(38-32)24-15-26(35)22(12-27(24)36)14-31-37-29-8-7-20(33(40)41)13-30(29)39(31)16-23-18-42-9-10-43-23/h2-8,11-13,15,23H,9-10,14,16-18H2,1H3,(H,40,41)/t23-/m1/s1. The number of benzene rings is 3. The van der Waals surface area contributed by atoms with Crippen LogP contribution in [0.3, 0.4) is 0 Å². The van der Waals surface area contributed by atoms with Crippen LogP contribution < -0.4 is 4.74 Å².